The molecule has 0 saturated heterocycles. The highest BCUT2D eigenvalue weighted by atomic mass is 79.9. The molecule has 0 unspecified atom stereocenters. The van der Waals surface area contributed by atoms with Crippen LogP contribution in [-0.2, 0) is 10.0 Å². The Morgan fingerprint density at radius 1 is 1.40 bits per heavy atom. The highest BCUT2D eigenvalue weighted by molar-refractivity contribution is 9.10. The Balaban J connectivity index is 2.78. The number of benzene rings is 1. The molecule has 0 aliphatic carbocycles. The molecule has 0 spiro atoms. The highest BCUT2D eigenvalue weighted by Crippen LogP contribution is 2.23. The molecular formula is C13H14BrNO4S. The molecule has 0 saturated carbocycles. The molecule has 5 nitrogen and oxygen atoms in total. The van der Waals surface area contributed by atoms with Crippen molar-refractivity contribution in [3.8, 4) is 12.3 Å². The monoisotopic (exact) mass is 359 g/mol. The number of sulfonamides is 1. The Kier molecular flexibility index (Phi) is 6.20. The highest BCUT2D eigenvalue weighted by Gasteiger charge is 2.18. The standard InChI is InChI=1S/C13H14BrNO4S/c1-2-3-4-5-8-15-20(18,19)12-7-6-10(13(16)17)9-11(12)14/h1,6-7,9,15H,3-5,8H2,(H,16,17). The fourth-order valence-corrected chi connectivity index (χ4v) is 3.64. The zero-order valence-electron chi connectivity index (χ0n) is 10.6. The number of carbonyl (C=O) groups is 1. The molecule has 0 radical (unpaired) electrons. The number of carboxylic acids is 1. The van der Waals surface area contributed by atoms with Crippen LogP contribution in [0.5, 0.6) is 0 Å². The van der Waals surface area contributed by atoms with E-state index in [0.29, 0.717) is 12.8 Å². The summed E-state index contributed by atoms with van der Waals surface area (Å²) in [4.78, 5) is 10.8. The zero-order valence-corrected chi connectivity index (χ0v) is 13.0. The van der Waals surface area contributed by atoms with Gasteiger partial charge >= 0.3 is 5.97 Å². The van der Waals surface area contributed by atoms with E-state index in [1.54, 1.807) is 0 Å². The van der Waals surface area contributed by atoms with Gasteiger partial charge in [-0.25, -0.2) is 17.9 Å². The normalized spacial score (nSPS) is 11.0. The number of unbranched alkanes of at least 4 members (excludes halogenated alkanes) is 2. The molecular weight excluding hydrogens is 346 g/mol. The average Bonchev–Trinajstić information content (AvgIpc) is 2.37. The van der Waals surface area contributed by atoms with E-state index in [0.717, 1.165) is 6.42 Å². The molecule has 1 rings (SSSR count). The summed E-state index contributed by atoms with van der Waals surface area (Å²) in [5.41, 5.74) is 0.0184. The summed E-state index contributed by atoms with van der Waals surface area (Å²) < 4.78 is 26.7. The molecule has 0 aliphatic rings. The number of hydrogen-bond donors (Lipinski definition) is 2. The summed E-state index contributed by atoms with van der Waals surface area (Å²) in [7, 11) is -3.66. The molecule has 20 heavy (non-hydrogen) atoms. The third kappa shape index (κ3) is 4.63. The fraction of sp³-hybridized carbons (Fsp3) is 0.308. The van der Waals surface area contributed by atoms with Crippen molar-refractivity contribution in [2.24, 2.45) is 0 Å². The van der Waals surface area contributed by atoms with Crippen LogP contribution in [0.25, 0.3) is 0 Å². The van der Waals surface area contributed by atoms with Crippen LogP contribution in [0.2, 0.25) is 0 Å². The minimum atomic E-state index is -3.66. The first-order valence-corrected chi connectivity index (χ1v) is 8.12. The molecule has 0 bridgehead atoms. The molecule has 1 aromatic rings. The van der Waals surface area contributed by atoms with Crippen molar-refractivity contribution in [1.82, 2.24) is 4.72 Å². The van der Waals surface area contributed by atoms with Crippen LogP contribution in [0.3, 0.4) is 0 Å². The predicted molar refractivity (Wildman–Crippen MR) is 79.0 cm³/mol. The summed E-state index contributed by atoms with van der Waals surface area (Å²) in [5.74, 6) is 1.37. The van der Waals surface area contributed by atoms with E-state index in [1.807, 2.05) is 0 Å². The molecule has 2 N–H and O–H groups in total. The van der Waals surface area contributed by atoms with Crippen molar-refractivity contribution < 1.29 is 18.3 Å². The van der Waals surface area contributed by atoms with Crippen molar-refractivity contribution >= 4 is 31.9 Å². The Hall–Kier alpha value is -1.36. The maximum absolute atomic E-state index is 12.0. The van der Waals surface area contributed by atoms with Crippen LogP contribution in [0.1, 0.15) is 29.6 Å². The summed E-state index contributed by atoms with van der Waals surface area (Å²) in [6.07, 6.45) is 7.11. The van der Waals surface area contributed by atoms with E-state index in [4.69, 9.17) is 11.5 Å². The molecule has 0 atom stereocenters. The molecule has 0 aromatic heterocycles. The predicted octanol–water partition coefficient (Wildman–Crippen LogP) is 2.23. The smallest absolute Gasteiger partial charge is 0.335 e. The molecule has 0 amide bonds. The van der Waals surface area contributed by atoms with Gasteiger partial charge in [-0.05, 0) is 47.0 Å². The van der Waals surface area contributed by atoms with Crippen molar-refractivity contribution in [1.29, 1.82) is 0 Å². The number of aromatic carboxylic acids is 1. The zero-order chi connectivity index (χ0) is 15.2. The molecule has 7 heteroatoms. The van der Waals surface area contributed by atoms with Crippen molar-refractivity contribution in [2.45, 2.75) is 24.2 Å². The van der Waals surface area contributed by atoms with Gasteiger partial charge in [-0.15, -0.1) is 12.3 Å². The van der Waals surface area contributed by atoms with Crippen LogP contribution in [0.4, 0.5) is 0 Å². The number of rotatable bonds is 7. The molecule has 0 aliphatic heterocycles. The third-order valence-corrected chi connectivity index (χ3v) is 4.95. The second-order valence-corrected chi connectivity index (χ2v) is 6.60. The lowest BCUT2D eigenvalue weighted by molar-refractivity contribution is 0.0696. The first-order valence-electron chi connectivity index (χ1n) is 5.84. The van der Waals surface area contributed by atoms with Crippen LogP contribution in [-0.4, -0.2) is 26.0 Å². The van der Waals surface area contributed by atoms with E-state index >= 15 is 0 Å². The van der Waals surface area contributed by atoms with Gasteiger partial charge in [-0.3, -0.25) is 0 Å². The average molecular weight is 360 g/mol. The van der Waals surface area contributed by atoms with Gasteiger partial charge in [-0.2, -0.15) is 0 Å². The number of terminal acetylenes is 1. The number of carboxylic acid groups (broad SMARTS) is 1. The maximum atomic E-state index is 12.0. The quantitative estimate of drug-likeness (QED) is 0.577. The summed E-state index contributed by atoms with van der Waals surface area (Å²) in [6.45, 7) is 0.289. The third-order valence-electron chi connectivity index (χ3n) is 2.51. The largest absolute Gasteiger partial charge is 0.478 e. The Morgan fingerprint density at radius 2 is 2.10 bits per heavy atom. The molecule has 1 aromatic carbocycles. The van der Waals surface area contributed by atoms with E-state index < -0.39 is 16.0 Å². The summed E-state index contributed by atoms with van der Waals surface area (Å²) >= 11 is 3.08. The first kappa shape index (κ1) is 16.7. The first-order chi connectivity index (χ1) is 9.38. The summed E-state index contributed by atoms with van der Waals surface area (Å²) in [5, 5.41) is 8.82. The van der Waals surface area contributed by atoms with E-state index in [1.165, 1.54) is 18.2 Å². The van der Waals surface area contributed by atoms with Crippen molar-refractivity contribution in [3.63, 3.8) is 0 Å². The van der Waals surface area contributed by atoms with Gasteiger partial charge in [0.15, 0.2) is 0 Å². The van der Waals surface area contributed by atoms with E-state index in [-0.39, 0.29) is 21.5 Å². The molecule has 0 fully saturated rings. The van der Waals surface area contributed by atoms with Gasteiger partial charge in [0.1, 0.15) is 0 Å². The van der Waals surface area contributed by atoms with Gasteiger partial charge in [0.05, 0.1) is 10.5 Å². The topological polar surface area (TPSA) is 83.5 Å². The summed E-state index contributed by atoms with van der Waals surface area (Å²) in [6, 6.07) is 3.77. The Bertz CT molecular complexity index is 634. The van der Waals surface area contributed by atoms with Crippen LogP contribution in [0.15, 0.2) is 27.6 Å². The fourth-order valence-electron chi connectivity index (χ4n) is 1.49. The van der Waals surface area contributed by atoms with Crippen molar-refractivity contribution in [3.05, 3.63) is 28.2 Å². The number of nitrogens with one attached hydrogen (secondary N) is 1. The second-order valence-electron chi connectivity index (χ2n) is 4.01. The second kappa shape index (κ2) is 7.43. The molecule has 108 valence electrons. The van der Waals surface area contributed by atoms with Crippen LogP contribution >= 0.6 is 15.9 Å². The Morgan fingerprint density at radius 3 is 2.65 bits per heavy atom. The van der Waals surface area contributed by atoms with Gasteiger partial charge < -0.3 is 5.11 Å². The van der Waals surface area contributed by atoms with Crippen LogP contribution < -0.4 is 4.72 Å². The van der Waals surface area contributed by atoms with E-state index in [9.17, 15) is 13.2 Å². The van der Waals surface area contributed by atoms with Crippen LogP contribution in [0, 0.1) is 12.3 Å². The lowest BCUT2D eigenvalue weighted by Gasteiger charge is -2.08. The Labute approximate surface area is 126 Å². The lowest BCUT2D eigenvalue weighted by Crippen LogP contribution is -2.25. The van der Waals surface area contributed by atoms with E-state index in [2.05, 4.69) is 26.6 Å². The van der Waals surface area contributed by atoms with Gasteiger partial charge in [-0.1, -0.05) is 0 Å². The van der Waals surface area contributed by atoms with Crippen molar-refractivity contribution in [2.75, 3.05) is 6.54 Å². The van der Waals surface area contributed by atoms with Gasteiger partial charge in [0, 0.05) is 17.4 Å². The lowest BCUT2D eigenvalue weighted by atomic mass is 10.2. The minimum absolute atomic E-state index is 0.0134. The number of halogens is 1. The van der Waals surface area contributed by atoms with Gasteiger partial charge in [0.25, 0.3) is 0 Å². The molecule has 0 heterocycles. The maximum Gasteiger partial charge on any atom is 0.335 e. The SMILES string of the molecule is C#CCCCCNS(=O)(=O)c1ccc(C(=O)O)cc1Br. The number of hydrogen-bond acceptors (Lipinski definition) is 3. The minimum Gasteiger partial charge on any atom is -0.478 e. The van der Waals surface area contributed by atoms with Gasteiger partial charge in [0.2, 0.25) is 10.0 Å².